The number of aromatic nitrogens is 5. The Kier molecular flexibility index (Phi) is 2.67. The molecule has 0 atom stereocenters. The first-order chi connectivity index (χ1) is 8.74. The first kappa shape index (κ1) is 11.1. The van der Waals surface area contributed by atoms with E-state index in [0.717, 1.165) is 36.6 Å². The van der Waals surface area contributed by atoms with Crippen molar-refractivity contribution >= 4 is 0 Å². The second-order valence-electron chi connectivity index (χ2n) is 4.34. The van der Waals surface area contributed by atoms with Crippen molar-refractivity contribution in [3.05, 3.63) is 39.8 Å². The number of hydrogen-bond acceptors (Lipinski definition) is 5. The average molecular weight is 246 g/mol. The molecule has 0 radical (unpaired) electrons. The van der Waals surface area contributed by atoms with E-state index in [0.29, 0.717) is 6.54 Å². The monoisotopic (exact) mass is 246 g/mol. The van der Waals surface area contributed by atoms with Gasteiger partial charge in [0.15, 0.2) is 0 Å². The molecule has 1 aliphatic rings. The summed E-state index contributed by atoms with van der Waals surface area (Å²) < 4.78 is 3.10. The molecule has 0 bridgehead atoms. The smallest absolute Gasteiger partial charge is 0.267 e. The van der Waals surface area contributed by atoms with Crippen LogP contribution in [-0.4, -0.2) is 31.1 Å². The van der Waals surface area contributed by atoms with Crippen molar-refractivity contribution in [2.75, 3.05) is 6.54 Å². The first-order valence-corrected chi connectivity index (χ1v) is 5.87. The van der Waals surface area contributed by atoms with Gasteiger partial charge in [0.05, 0.1) is 5.69 Å². The zero-order chi connectivity index (χ0) is 12.5. The largest absolute Gasteiger partial charge is 0.312 e. The minimum absolute atomic E-state index is 0.0968. The van der Waals surface area contributed by atoms with E-state index in [2.05, 4.69) is 20.5 Å². The minimum Gasteiger partial charge on any atom is -0.312 e. The molecule has 3 rings (SSSR count). The van der Waals surface area contributed by atoms with Gasteiger partial charge in [-0.1, -0.05) is 0 Å². The number of nitrogens with zero attached hydrogens (tertiary/aromatic N) is 5. The molecule has 94 valence electrons. The van der Waals surface area contributed by atoms with Gasteiger partial charge in [0.25, 0.3) is 5.56 Å². The van der Waals surface area contributed by atoms with Gasteiger partial charge in [-0.15, -0.1) is 0 Å². The molecule has 0 fully saturated rings. The van der Waals surface area contributed by atoms with Crippen molar-refractivity contribution in [3.8, 4) is 0 Å². The molecule has 0 amide bonds. The highest BCUT2D eigenvalue weighted by Gasteiger charge is 2.13. The van der Waals surface area contributed by atoms with Gasteiger partial charge >= 0.3 is 0 Å². The summed E-state index contributed by atoms with van der Waals surface area (Å²) in [4.78, 5) is 16.0. The van der Waals surface area contributed by atoms with Gasteiger partial charge in [-0.25, -0.2) is 9.67 Å². The van der Waals surface area contributed by atoms with E-state index in [9.17, 15) is 4.79 Å². The first-order valence-electron chi connectivity index (χ1n) is 5.87. The van der Waals surface area contributed by atoms with Gasteiger partial charge in [-0.05, 0) is 5.56 Å². The summed E-state index contributed by atoms with van der Waals surface area (Å²) >= 11 is 0. The maximum absolute atomic E-state index is 11.9. The van der Waals surface area contributed by atoms with Gasteiger partial charge < -0.3 is 5.32 Å². The Bertz CT molecular complexity index is 629. The Morgan fingerprint density at radius 3 is 3.17 bits per heavy atom. The lowest BCUT2D eigenvalue weighted by Crippen LogP contribution is -2.32. The number of fused-ring (bicyclic) bond motifs is 1. The lowest BCUT2D eigenvalue weighted by molar-refractivity contribution is 0.539. The molecule has 0 spiro atoms. The van der Waals surface area contributed by atoms with Gasteiger partial charge in [-0.3, -0.25) is 9.48 Å². The summed E-state index contributed by atoms with van der Waals surface area (Å²) in [6.45, 7) is 1.99. The third-order valence-electron chi connectivity index (χ3n) is 3.11. The quantitative estimate of drug-likeness (QED) is 0.740. The molecular formula is C11H14N6O. The topological polar surface area (TPSA) is 77.6 Å². The van der Waals surface area contributed by atoms with Gasteiger partial charge in [0, 0.05) is 32.6 Å². The number of hydrogen-bond donors (Lipinski definition) is 1. The van der Waals surface area contributed by atoms with E-state index < -0.39 is 0 Å². The Hall–Kier alpha value is -2.02. The van der Waals surface area contributed by atoms with Crippen LogP contribution in [0.5, 0.6) is 0 Å². The molecule has 0 unspecified atom stereocenters. The standard InChI is InChI=1S/C11H14N6O/c1-16-10(13-7-14-16)6-17-11(18)4-8-5-12-3-2-9(8)15-17/h4,7,12H,2-3,5-6H2,1H3. The molecule has 0 aliphatic carbocycles. The van der Waals surface area contributed by atoms with Gasteiger partial charge in [-0.2, -0.15) is 10.2 Å². The van der Waals surface area contributed by atoms with Crippen molar-refractivity contribution in [2.45, 2.75) is 19.5 Å². The van der Waals surface area contributed by atoms with Crippen LogP contribution in [0.3, 0.4) is 0 Å². The third kappa shape index (κ3) is 1.92. The van der Waals surface area contributed by atoms with Crippen LogP contribution in [0, 0.1) is 0 Å². The van der Waals surface area contributed by atoms with Crippen molar-refractivity contribution < 1.29 is 0 Å². The molecule has 0 saturated carbocycles. The maximum Gasteiger partial charge on any atom is 0.267 e. The van der Waals surface area contributed by atoms with Crippen molar-refractivity contribution in [3.63, 3.8) is 0 Å². The van der Waals surface area contributed by atoms with Crippen LogP contribution in [0.15, 0.2) is 17.2 Å². The Morgan fingerprint density at radius 1 is 1.50 bits per heavy atom. The van der Waals surface area contributed by atoms with Crippen molar-refractivity contribution in [1.29, 1.82) is 0 Å². The van der Waals surface area contributed by atoms with Gasteiger partial charge in [0.1, 0.15) is 18.7 Å². The van der Waals surface area contributed by atoms with E-state index >= 15 is 0 Å². The fraction of sp³-hybridized carbons (Fsp3) is 0.455. The van der Waals surface area contributed by atoms with Crippen molar-refractivity contribution in [2.24, 2.45) is 7.05 Å². The van der Waals surface area contributed by atoms with E-state index in [-0.39, 0.29) is 5.56 Å². The van der Waals surface area contributed by atoms with Crippen LogP contribution in [0.4, 0.5) is 0 Å². The zero-order valence-electron chi connectivity index (χ0n) is 10.1. The number of nitrogens with one attached hydrogen (secondary N) is 1. The number of rotatable bonds is 2. The van der Waals surface area contributed by atoms with E-state index in [1.54, 1.807) is 17.8 Å². The lowest BCUT2D eigenvalue weighted by atomic mass is 10.1. The minimum atomic E-state index is -0.0968. The second kappa shape index (κ2) is 4.34. The van der Waals surface area contributed by atoms with Crippen molar-refractivity contribution in [1.82, 2.24) is 29.9 Å². The predicted molar refractivity (Wildman–Crippen MR) is 64.0 cm³/mol. The fourth-order valence-corrected chi connectivity index (χ4v) is 2.07. The third-order valence-corrected chi connectivity index (χ3v) is 3.11. The van der Waals surface area contributed by atoms with E-state index in [1.807, 2.05) is 0 Å². The van der Waals surface area contributed by atoms with Crippen LogP contribution in [0.1, 0.15) is 17.1 Å². The van der Waals surface area contributed by atoms with Crippen LogP contribution in [0.2, 0.25) is 0 Å². The lowest BCUT2D eigenvalue weighted by Gasteiger charge is -2.16. The Balaban J connectivity index is 1.97. The summed E-state index contributed by atoms with van der Waals surface area (Å²) in [5, 5.41) is 11.6. The highest BCUT2D eigenvalue weighted by molar-refractivity contribution is 5.20. The Labute approximate surface area is 103 Å². The molecule has 1 aliphatic heterocycles. The van der Waals surface area contributed by atoms with E-state index in [1.165, 1.54) is 11.0 Å². The normalized spacial score (nSPS) is 14.5. The second-order valence-corrected chi connectivity index (χ2v) is 4.34. The Morgan fingerprint density at radius 2 is 2.39 bits per heavy atom. The maximum atomic E-state index is 11.9. The van der Waals surface area contributed by atoms with Crippen LogP contribution < -0.4 is 10.9 Å². The zero-order valence-corrected chi connectivity index (χ0v) is 10.1. The summed E-state index contributed by atoms with van der Waals surface area (Å²) in [5.74, 6) is 0.721. The molecule has 0 saturated heterocycles. The summed E-state index contributed by atoms with van der Waals surface area (Å²) in [7, 11) is 1.80. The molecule has 2 aromatic heterocycles. The van der Waals surface area contributed by atoms with Crippen LogP contribution in [0.25, 0.3) is 0 Å². The SMILES string of the molecule is Cn1ncnc1Cn1nc2c(cc1=O)CNCC2. The average Bonchev–Trinajstić information content (AvgIpc) is 2.76. The van der Waals surface area contributed by atoms with Crippen LogP contribution >= 0.6 is 0 Å². The summed E-state index contributed by atoms with van der Waals surface area (Å²) in [5.41, 5.74) is 1.90. The van der Waals surface area contributed by atoms with Crippen LogP contribution in [-0.2, 0) is 26.6 Å². The molecule has 3 heterocycles. The molecule has 7 heteroatoms. The number of aryl methyl sites for hydroxylation is 1. The molecular weight excluding hydrogens is 232 g/mol. The summed E-state index contributed by atoms with van der Waals surface area (Å²) in [6, 6.07) is 1.66. The predicted octanol–water partition coefficient (Wildman–Crippen LogP) is -0.934. The molecule has 18 heavy (non-hydrogen) atoms. The van der Waals surface area contributed by atoms with Gasteiger partial charge in [0.2, 0.25) is 0 Å². The fourth-order valence-electron chi connectivity index (χ4n) is 2.07. The highest BCUT2D eigenvalue weighted by Crippen LogP contribution is 2.07. The molecule has 1 N–H and O–H groups in total. The molecule has 2 aromatic rings. The summed E-state index contributed by atoms with van der Waals surface area (Å²) in [6.07, 6.45) is 2.33. The molecule has 0 aromatic carbocycles. The van der Waals surface area contributed by atoms with E-state index in [4.69, 9.17) is 0 Å². The highest BCUT2D eigenvalue weighted by atomic mass is 16.1. The molecule has 7 nitrogen and oxygen atoms in total.